The van der Waals surface area contributed by atoms with E-state index in [-0.39, 0.29) is 17.7 Å². The van der Waals surface area contributed by atoms with Crippen LogP contribution in [0.15, 0.2) is 42.5 Å². The number of carbonyl (C=O) groups is 3. The molecule has 8 heteroatoms. The summed E-state index contributed by atoms with van der Waals surface area (Å²) in [4.78, 5) is 35.2. The maximum Gasteiger partial charge on any atom is 0.224 e. The van der Waals surface area contributed by atoms with Crippen molar-refractivity contribution in [3.63, 3.8) is 0 Å². The average Bonchev–Trinajstić information content (AvgIpc) is 2.76. The zero-order chi connectivity index (χ0) is 22.1. The van der Waals surface area contributed by atoms with Crippen LogP contribution in [0.3, 0.4) is 0 Å². The molecule has 0 aliphatic carbocycles. The zero-order valence-corrected chi connectivity index (χ0v) is 18.0. The fraction of sp³-hybridized carbons (Fsp3) is 0.348. The van der Waals surface area contributed by atoms with Crippen LogP contribution >= 0.6 is 11.6 Å². The lowest BCUT2D eigenvalue weighted by Crippen LogP contribution is -2.25. The van der Waals surface area contributed by atoms with Gasteiger partial charge in [0.1, 0.15) is 5.75 Å². The molecule has 3 rings (SSSR count). The number of aryl methyl sites for hydroxylation is 1. The van der Waals surface area contributed by atoms with E-state index in [9.17, 15) is 14.4 Å². The highest BCUT2D eigenvalue weighted by Gasteiger charge is 2.15. The van der Waals surface area contributed by atoms with E-state index in [0.29, 0.717) is 62.4 Å². The molecule has 3 amide bonds. The molecule has 0 aromatic heterocycles. The van der Waals surface area contributed by atoms with Crippen LogP contribution in [0.5, 0.6) is 5.75 Å². The van der Waals surface area contributed by atoms with Crippen LogP contribution in [-0.2, 0) is 20.8 Å². The third-order valence-electron chi connectivity index (χ3n) is 4.82. The standard InChI is InChI=1S/C23H26ClN3O4/c24-17-6-8-18(9-7-17)26-22(29)3-1-13-25-21(28)4-2-14-31-19-10-11-20-16(15-19)5-12-23(30)27-20/h6-11,15H,1-5,12-14H2,(H,25,28)(H,26,29)(H,27,30). The fourth-order valence-corrected chi connectivity index (χ4v) is 3.32. The maximum atomic E-state index is 11.9. The highest BCUT2D eigenvalue weighted by Crippen LogP contribution is 2.26. The minimum Gasteiger partial charge on any atom is -0.494 e. The Morgan fingerprint density at radius 2 is 1.77 bits per heavy atom. The van der Waals surface area contributed by atoms with Gasteiger partial charge in [0.05, 0.1) is 6.61 Å². The Labute approximate surface area is 186 Å². The van der Waals surface area contributed by atoms with E-state index in [2.05, 4.69) is 16.0 Å². The highest BCUT2D eigenvalue weighted by molar-refractivity contribution is 6.30. The smallest absolute Gasteiger partial charge is 0.224 e. The van der Waals surface area contributed by atoms with Crippen molar-refractivity contribution < 1.29 is 19.1 Å². The van der Waals surface area contributed by atoms with Gasteiger partial charge in [-0.3, -0.25) is 14.4 Å². The van der Waals surface area contributed by atoms with Crippen LogP contribution in [-0.4, -0.2) is 30.9 Å². The Kier molecular flexibility index (Phi) is 8.29. The molecule has 0 saturated heterocycles. The predicted molar refractivity (Wildman–Crippen MR) is 120 cm³/mol. The summed E-state index contributed by atoms with van der Waals surface area (Å²) in [5, 5.41) is 9.06. The summed E-state index contributed by atoms with van der Waals surface area (Å²) in [6, 6.07) is 12.5. The summed E-state index contributed by atoms with van der Waals surface area (Å²) < 4.78 is 5.72. The lowest BCUT2D eigenvalue weighted by molar-refractivity contribution is -0.121. The first-order valence-electron chi connectivity index (χ1n) is 10.4. The number of benzene rings is 2. The highest BCUT2D eigenvalue weighted by atomic mass is 35.5. The Hall–Kier alpha value is -3.06. The van der Waals surface area contributed by atoms with E-state index in [1.165, 1.54) is 0 Å². The van der Waals surface area contributed by atoms with E-state index in [0.717, 1.165) is 17.0 Å². The van der Waals surface area contributed by atoms with Crippen LogP contribution in [0.1, 0.15) is 37.7 Å². The fourth-order valence-electron chi connectivity index (χ4n) is 3.19. The molecule has 2 aromatic carbocycles. The van der Waals surface area contributed by atoms with Crippen molar-refractivity contribution in [2.24, 2.45) is 0 Å². The lowest BCUT2D eigenvalue weighted by Gasteiger charge is -2.17. The van der Waals surface area contributed by atoms with E-state index < -0.39 is 0 Å². The SMILES string of the molecule is O=C(CCCOc1ccc2c(c1)CCC(=O)N2)NCCCC(=O)Nc1ccc(Cl)cc1. The summed E-state index contributed by atoms with van der Waals surface area (Å²) in [5.74, 6) is 0.612. The second-order valence-electron chi connectivity index (χ2n) is 7.33. The topological polar surface area (TPSA) is 96.5 Å². The number of hydrogen-bond donors (Lipinski definition) is 3. The Balaban J connectivity index is 1.25. The van der Waals surface area contributed by atoms with Crippen molar-refractivity contribution in [2.75, 3.05) is 23.8 Å². The Morgan fingerprint density at radius 1 is 1.00 bits per heavy atom. The molecule has 31 heavy (non-hydrogen) atoms. The monoisotopic (exact) mass is 443 g/mol. The first-order chi connectivity index (χ1) is 15.0. The number of carbonyl (C=O) groups excluding carboxylic acids is 3. The van der Waals surface area contributed by atoms with E-state index >= 15 is 0 Å². The molecule has 7 nitrogen and oxygen atoms in total. The van der Waals surface area contributed by atoms with E-state index in [1.54, 1.807) is 24.3 Å². The second-order valence-corrected chi connectivity index (χ2v) is 7.76. The van der Waals surface area contributed by atoms with Gasteiger partial charge in [0.25, 0.3) is 0 Å². The minimum absolute atomic E-state index is 0.0365. The summed E-state index contributed by atoms with van der Waals surface area (Å²) in [5.41, 5.74) is 2.60. The molecule has 0 atom stereocenters. The van der Waals surface area contributed by atoms with E-state index in [1.807, 2.05) is 18.2 Å². The van der Waals surface area contributed by atoms with Gasteiger partial charge in [-0.15, -0.1) is 0 Å². The quantitative estimate of drug-likeness (QED) is 0.485. The summed E-state index contributed by atoms with van der Waals surface area (Å²) in [7, 11) is 0. The van der Waals surface area contributed by atoms with Crippen LogP contribution in [0.2, 0.25) is 5.02 Å². The molecular formula is C23H26ClN3O4. The first kappa shape index (κ1) is 22.6. The van der Waals surface area contributed by atoms with Gasteiger partial charge in [-0.05, 0) is 67.3 Å². The third-order valence-corrected chi connectivity index (χ3v) is 5.07. The molecule has 3 N–H and O–H groups in total. The number of rotatable bonds is 10. The second kappa shape index (κ2) is 11.4. The van der Waals surface area contributed by atoms with E-state index in [4.69, 9.17) is 16.3 Å². The van der Waals surface area contributed by atoms with Gasteiger partial charge in [-0.25, -0.2) is 0 Å². The molecule has 1 heterocycles. The molecule has 0 bridgehead atoms. The number of fused-ring (bicyclic) bond motifs is 1. The molecule has 0 unspecified atom stereocenters. The third kappa shape index (κ3) is 7.61. The number of anilines is 2. The van der Waals surface area contributed by atoms with Crippen LogP contribution < -0.4 is 20.7 Å². The van der Waals surface area contributed by atoms with Gasteiger partial charge in [0, 0.05) is 42.2 Å². The summed E-state index contributed by atoms with van der Waals surface area (Å²) in [6.07, 6.45) is 3.03. The molecule has 0 fully saturated rings. The molecule has 0 saturated carbocycles. The van der Waals surface area contributed by atoms with Gasteiger partial charge in [0.15, 0.2) is 0 Å². The molecular weight excluding hydrogens is 418 g/mol. The van der Waals surface area contributed by atoms with Gasteiger partial charge in [-0.2, -0.15) is 0 Å². The number of ether oxygens (including phenoxy) is 1. The number of hydrogen-bond acceptors (Lipinski definition) is 4. The van der Waals surface area contributed by atoms with Crippen molar-refractivity contribution in [1.29, 1.82) is 0 Å². The first-order valence-corrected chi connectivity index (χ1v) is 10.7. The average molecular weight is 444 g/mol. The normalized spacial score (nSPS) is 12.5. The summed E-state index contributed by atoms with van der Waals surface area (Å²) >= 11 is 5.81. The van der Waals surface area contributed by atoms with Crippen molar-refractivity contribution in [3.05, 3.63) is 53.1 Å². The van der Waals surface area contributed by atoms with Gasteiger partial charge >= 0.3 is 0 Å². The van der Waals surface area contributed by atoms with Crippen LogP contribution in [0.4, 0.5) is 11.4 Å². The lowest BCUT2D eigenvalue weighted by atomic mass is 10.0. The van der Waals surface area contributed by atoms with Crippen molar-refractivity contribution in [3.8, 4) is 5.75 Å². The Bertz CT molecular complexity index is 931. The zero-order valence-electron chi connectivity index (χ0n) is 17.2. The molecule has 1 aliphatic rings. The van der Waals surface area contributed by atoms with Crippen molar-refractivity contribution in [1.82, 2.24) is 5.32 Å². The number of amides is 3. The van der Waals surface area contributed by atoms with Crippen LogP contribution in [0.25, 0.3) is 0 Å². The largest absolute Gasteiger partial charge is 0.494 e. The number of nitrogens with one attached hydrogen (secondary N) is 3. The Morgan fingerprint density at radius 3 is 2.58 bits per heavy atom. The predicted octanol–water partition coefficient (Wildman–Crippen LogP) is 3.92. The van der Waals surface area contributed by atoms with Gasteiger partial charge in [0.2, 0.25) is 17.7 Å². The molecule has 2 aromatic rings. The van der Waals surface area contributed by atoms with Gasteiger partial charge in [-0.1, -0.05) is 11.6 Å². The number of halogens is 1. The molecule has 1 aliphatic heterocycles. The summed E-state index contributed by atoms with van der Waals surface area (Å²) in [6.45, 7) is 0.881. The van der Waals surface area contributed by atoms with Crippen molar-refractivity contribution >= 4 is 40.7 Å². The molecule has 164 valence electrons. The van der Waals surface area contributed by atoms with Crippen LogP contribution in [0, 0.1) is 0 Å². The molecule has 0 spiro atoms. The van der Waals surface area contributed by atoms with Gasteiger partial charge < -0.3 is 20.7 Å². The molecule has 0 radical (unpaired) electrons. The minimum atomic E-state index is -0.102. The van der Waals surface area contributed by atoms with Crippen molar-refractivity contribution in [2.45, 2.75) is 38.5 Å². The maximum absolute atomic E-state index is 11.9.